The summed E-state index contributed by atoms with van der Waals surface area (Å²) in [6.07, 6.45) is 12.9. The number of hydrogen-bond donors (Lipinski definition) is 0. The van der Waals surface area contributed by atoms with E-state index in [2.05, 4.69) is 97.6 Å². The minimum Gasteiger partial charge on any atom is -0.311 e. The van der Waals surface area contributed by atoms with Gasteiger partial charge in [0.25, 0.3) is 0 Å². The number of hydrogen-bond acceptors (Lipinski definition) is 1. The van der Waals surface area contributed by atoms with Crippen LogP contribution in [0.1, 0.15) is 76.3 Å². The molecule has 0 bridgehead atoms. The van der Waals surface area contributed by atoms with Crippen molar-refractivity contribution in [3.05, 3.63) is 90.0 Å². The predicted octanol–water partition coefficient (Wildman–Crippen LogP) is 9.40. The molecule has 1 nitrogen and oxygen atoms in total. The van der Waals surface area contributed by atoms with Gasteiger partial charge < -0.3 is 4.90 Å². The van der Waals surface area contributed by atoms with Gasteiger partial charge in [0.05, 0.1) is 0 Å². The van der Waals surface area contributed by atoms with E-state index in [1.165, 1.54) is 92.4 Å². The Kier molecular flexibility index (Phi) is 9.70. The lowest BCUT2D eigenvalue weighted by Gasteiger charge is -2.26. The van der Waals surface area contributed by atoms with Gasteiger partial charge in [0.1, 0.15) is 0 Å². The Bertz CT molecular complexity index is 794. The van der Waals surface area contributed by atoms with E-state index in [9.17, 15) is 0 Å². The molecule has 0 atom stereocenters. The van der Waals surface area contributed by atoms with Gasteiger partial charge in [-0.25, -0.2) is 0 Å². The second-order valence-electron chi connectivity index (χ2n) is 8.63. The summed E-state index contributed by atoms with van der Waals surface area (Å²) >= 11 is 0. The highest BCUT2D eigenvalue weighted by Crippen LogP contribution is 2.34. The second kappa shape index (κ2) is 13.0. The first-order valence-electron chi connectivity index (χ1n) is 12.3. The predicted molar refractivity (Wildman–Crippen MR) is 137 cm³/mol. The first-order valence-corrected chi connectivity index (χ1v) is 12.3. The summed E-state index contributed by atoms with van der Waals surface area (Å²) in [4.78, 5) is 2.36. The first-order chi connectivity index (χ1) is 15.3. The fourth-order valence-electron chi connectivity index (χ4n) is 4.16. The summed E-state index contributed by atoms with van der Waals surface area (Å²) in [6.45, 7) is 4.54. The molecule has 3 aromatic carbocycles. The standard InChI is InChI=1S/C30H39N/c1-3-5-7-10-14-26-18-22-29(23-19-26)31(28-16-12-9-13-17-28)30-24-20-27(21-25-30)15-11-8-6-4-2/h9,12-13,16-25H,3-8,10-11,14-15H2,1-2H3. The van der Waals surface area contributed by atoms with Crippen LogP contribution in [-0.4, -0.2) is 0 Å². The van der Waals surface area contributed by atoms with E-state index in [1.54, 1.807) is 0 Å². The average Bonchev–Trinajstić information content (AvgIpc) is 2.82. The molecule has 0 radical (unpaired) electrons. The van der Waals surface area contributed by atoms with Crippen molar-refractivity contribution in [3.8, 4) is 0 Å². The summed E-state index contributed by atoms with van der Waals surface area (Å²) in [7, 11) is 0. The molecule has 0 amide bonds. The Morgan fingerprint density at radius 2 is 0.871 bits per heavy atom. The van der Waals surface area contributed by atoms with Crippen molar-refractivity contribution < 1.29 is 0 Å². The fraction of sp³-hybridized carbons (Fsp3) is 0.400. The highest BCUT2D eigenvalue weighted by molar-refractivity contribution is 5.76. The largest absolute Gasteiger partial charge is 0.311 e. The average molecular weight is 414 g/mol. The van der Waals surface area contributed by atoms with E-state index < -0.39 is 0 Å². The number of aryl methyl sites for hydroxylation is 2. The van der Waals surface area contributed by atoms with Crippen LogP contribution < -0.4 is 4.90 Å². The van der Waals surface area contributed by atoms with Crippen LogP contribution in [0, 0.1) is 0 Å². The molecule has 0 saturated heterocycles. The molecule has 31 heavy (non-hydrogen) atoms. The van der Waals surface area contributed by atoms with Gasteiger partial charge in [-0.15, -0.1) is 0 Å². The van der Waals surface area contributed by atoms with Crippen LogP contribution in [-0.2, 0) is 12.8 Å². The minimum atomic E-state index is 1.18. The molecule has 164 valence electrons. The van der Waals surface area contributed by atoms with Gasteiger partial charge in [-0.3, -0.25) is 0 Å². The summed E-state index contributed by atoms with van der Waals surface area (Å²) in [5.74, 6) is 0. The van der Waals surface area contributed by atoms with E-state index in [0.717, 1.165) is 0 Å². The molecular formula is C30H39N. The number of para-hydroxylation sites is 1. The van der Waals surface area contributed by atoms with Crippen LogP contribution in [0.25, 0.3) is 0 Å². The van der Waals surface area contributed by atoms with Crippen molar-refractivity contribution in [1.29, 1.82) is 0 Å². The lowest BCUT2D eigenvalue weighted by atomic mass is 10.0. The van der Waals surface area contributed by atoms with Gasteiger partial charge in [0.2, 0.25) is 0 Å². The Morgan fingerprint density at radius 1 is 0.452 bits per heavy atom. The maximum absolute atomic E-state index is 2.36. The van der Waals surface area contributed by atoms with Gasteiger partial charge in [-0.1, -0.05) is 94.8 Å². The van der Waals surface area contributed by atoms with Gasteiger partial charge in [0.15, 0.2) is 0 Å². The smallest absolute Gasteiger partial charge is 0.0461 e. The number of anilines is 3. The molecule has 0 aliphatic heterocycles. The van der Waals surface area contributed by atoms with Crippen molar-refractivity contribution in [2.24, 2.45) is 0 Å². The molecular weight excluding hydrogens is 374 g/mol. The van der Waals surface area contributed by atoms with Crippen molar-refractivity contribution >= 4 is 17.1 Å². The lowest BCUT2D eigenvalue weighted by molar-refractivity contribution is 0.667. The van der Waals surface area contributed by atoms with Crippen LogP contribution in [0.2, 0.25) is 0 Å². The van der Waals surface area contributed by atoms with Crippen molar-refractivity contribution in [3.63, 3.8) is 0 Å². The summed E-state index contributed by atoms with van der Waals surface area (Å²) < 4.78 is 0. The normalized spacial score (nSPS) is 10.9. The fourth-order valence-corrected chi connectivity index (χ4v) is 4.16. The molecule has 0 saturated carbocycles. The van der Waals surface area contributed by atoms with Crippen molar-refractivity contribution in [1.82, 2.24) is 0 Å². The van der Waals surface area contributed by atoms with Gasteiger partial charge in [-0.2, -0.15) is 0 Å². The molecule has 0 heterocycles. The number of unbranched alkanes of at least 4 members (excludes halogenated alkanes) is 6. The van der Waals surface area contributed by atoms with E-state index in [0.29, 0.717) is 0 Å². The van der Waals surface area contributed by atoms with Gasteiger partial charge in [0, 0.05) is 17.1 Å². The van der Waals surface area contributed by atoms with E-state index in [1.807, 2.05) is 0 Å². The van der Waals surface area contributed by atoms with Crippen LogP contribution in [0.5, 0.6) is 0 Å². The number of nitrogens with zero attached hydrogens (tertiary/aromatic N) is 1. The van der Waals surface area contributed by atoms with Crippen LogP contribution in [0.3, 0.4) is 0 Å². The SMILES string of the molecule is CCCCCCc1ccc(N(c2ccccc2)c2ccc(CCCCCC)cc2)cc1. The zero-order chi connectivity index (χ0) is 21.7. The Morgan fingerprint density at radius 3 is 1.29 bits per heavy atom. The summed E-state index contributed by atoms with van der Waals surface area (Å²) in [5, 5.41) is 0. The Labute approximate surface area is 190 Å². The van der Waals surface area contributed by atoms with E-state index in [4.69, 9.17) is 0 Å². The molecule has 3 aromatic rings. The minimum absolute atomic E-state index is 1.18. The topological polar surface area (TPSA) is 3.24 Å². The second-order valence-corrected chi connectivity index (χ2v) is 8.63. The highest BCUT2D eigenvalue weighted by atomic mass is 15.1. The van der Waals surface area contributed by atoms with Gasteiger partial charge >= 0.3 is 0 Å². The third kappa shape index (κ3) is 7.28. The summed E-state index contributed by atoms with van der Waals surface area (Å²) in [6, 6.07) is 29.0. The third-order valence-corrected chi connectivity index (χ3v) is 6.04. The quantitative estimate of drug-likeness (QED) is 0.252. The molecule has 1 heteroatoms. The monoisotopic (exact) mass is 413 g/mol. The molecule has 0 aliphatic carbocycles. The van der Waals surface area contributed by atoms with Crippen LogP contribution in [0.15, 0.2) is 78.9 Å². The van der Waals surface area contributed by atoms with Crippen molar-refractivity contribution in [2.45, 2.75) is 78.1 Å². The number of rotatable bonds is 13. The van der Waals surface area contributed by atoms with Gasteiger partial charge in [-0.05, 0) is 73.2 Å². The van der Waals surface area contributed by atoms with Crippen LogP contribution >= 0.6 is 0 Å². The zero-order valence-corrected chi connectivity index (χ0v) is 19.5. The molecule has 0 fully saturated rings. The zero-order valence-electron chi connectivity index (χ0n) is 19.5. The highest BCUT2D eigenvalue weighted by Gasteiger charge is 2.12. The van der Waals surface area contributed by atoms with E-state index >= 15 is 0 Å². The first kappa shape index (κ1) is 23.1. The molecule has 3 rings (SSSR count). The molecule has 0 aromatic heterocycles. The maximum Gasteiger partial charge on any atom is 0.0461 e. The molecule has 0 N–H and O–H groups in total. The van der Waals surface area contributed by atoms with E-state index in [-0.39, 0.29) is 0 Å². The molecule has 0 unspecified atom stereocenters. The maximum atomic E-state index is 2.36. The third-order valence-electron chi connectivity index (χ3n) is 6.04. The number of benzene rings is 3. The van der Waals surface area contributed by atoms with Crippen LogP contribution in [0.4, 0.5) is 17.1 Å². The lowest BCUT2D eigenvalue weighted by Crippen LogP contribution is -2.10. The van der Waals surface area contributed by atoms with Crippen molar-refractivity contribution in [2.75, 3.05) is 4.90 Å². The molecule has 0 spiro atoms. The Hall–Kier alpha value is -2.54. The summed E-state index contributed by atoms with van der Waals surface area (Å²) in [5.41, 5.74) is 6.53. The Balaban J connectivity index is 1.75. The molecule has 0 aliphatic rings.